The molecule has 0 amide bonds. The van der Waals surface area contributed by atoms with Crippen LogP contribution in [-0.2, 0) is 33.3 Å². The Morgan fingerprint density at radius 2 is 1.55 bits per heavy atom. The summed E-state index contributed by atoms with van der Waals surface area (Å²) in [5.41, 5.74) is 0. The monoisotopic (exact) mass is 310 g/mol. The molecule has 0 aromatic rings. The number of hydrogen-bond donors (Lipinski definition) is 0. The van der Waals surface area contributed by atoms with Crippen molar-refractivity contribution in [2.24, 2.45) is 0 Å². The summed E-state index contributed by atoms with van der Waals surface area (Å²) < 4.78 is 19.2. The SMILES string of the molecule is CC(=O)OC(C)C(=O)OC(C)C(=O)OCCOCCCl. The molecule has 8 heteroatoms. The number of alkyl halides is 1. The quantitative estimate of drug-likeness (QED) is 0.267. The molecule has 20 heavy (non-hydrogen) atoms. The van der Waals surface area contributed by atoms with Crippen LogP contribution in [0.5, 0.6) is 0 Å². The van der Waals surface area contributed by atoms with Gasteiger partial charge in [-0.2, -0.15) is 0 Å². The van der Waals surface area contributed by atoms with E-state index in [0.29, 0.717) is 12.5 Å². The van der Waals surface area contributed by atoms with Crippen LogP contribution in [0.3, 0.4) is 0 Å². The van der Waals surface area contributed by atoms with E-state index in [1.807, 2.05) is 0 Å². The fraction of sp³-hybridized carbons (Fsp3) is 0.750. The Kier molecular flexibility index (Phi) is 9.75. The minimum atomic E-state index is -1.09. The number of carbonyl (C=O) groups is 3. The largest absolute Gasteiger partial charge is 0.461 e. The lowest BCUT2D eigenvalue weighted by atomic mass is 10.3. The van der Waals surface area contributed by atoms with Crippen molar-refractivity contribution in [3.8, 4) is 0 Å². The molecule has 0 N–H and O–H groups in total. The van der Waals surface area contributed by atoms with Crippen molar-refractivity contribution < 1.29 is 33.3 Å². The average molecular weight is 311 g/mol. The molecule has 7 nitrogen and oxygen atoms in total. The second-order valence-corrected chi connectivity index (χ2v) is 4.18. The molecule has 0 radical (unpaired) electrons. The van der Waals surface area contributed by atoms with E-state index >= 15 is 0 Å². The summed E-state index contributed by atoms with van der Waals surface area (Å²) in [5, 5.41) is 0. The summed E-state index contributed by atoms with van der Waals surface area (Å²) in [6, 6.07) is 0. The van der Waals surface area contributed by atoms with Gasteiger partial charge in [0.1, 0.15) is 6.61 Å². The van der Waals surface area contributed by atoms with Gasteiger partial charge in [0.05, 0.1) is 13.2 Å². The van der Waals surface area contributed by atoms with Gasteiger partial charge in [-0.25, -0.2) is 9.59 Å². The third kappa shape index (κ3) is 8.71. The lowest BCUT2D eigenvalue weighted by Crippen LogP contribution is -2.33. The molecule has 0 spiro atoms. The highest BCUT2D eigenvalue weighted by atomic mass is 35.5. The Morgan fingerprint density at radius 3 is 2.10 bits per heavy atom. The normalized spacial score (nSPS) is 13.2. The average Bonchev–Trinajstić information content (AvgIpc) is 2.37. The maximum atomic E-state index is 11.5. The first-order valence-electron chi connectivity index (χ1n) is 6.06. The summed E-state index contributed by atoms with van der Waals surface area (Å²) in [6.45, 7) is 4.49. The van der Waals surface area contributed by atoms with Crippen molar-refractivity contribution in [2.45, 2.75) is 33.0 Å². The summed E-state index contributed by atoms with van der Waals surface area (Å²) in [5.74, 6) is -1.78. The minimum Gasteiger partial charge on any atom is -0.461 e. The second-order valence-electron chi connectivity index (χ2n) is 3.80. The molecule has 2 unspecified atom stereocenters. The van der Waals surface area contributed by atoms with E-state index in [4.69, 9.17) is 25.8 Å². The number of ether oxygens (including phenoxy) is 4. The molecule has 0 saturated heterocycles. The smallest absolute Gasteiger partial charge is 0.347 e. The first-order chi connectivity index (χ1) is 9.38. The summed E-state index contributed by atoms with van der Waals surface area (Å²) in [7, 11) is 0. The van der Waals surface area contributed by atoms with Crippen LogP contribution in [0.4, 0.5) is 0 Å². The molecule has 0 aliphatic heterocycles. The molecule has 0 heterocycles. The van der Waals surface area contributed by atoms with Crippen molar-refractivity contribution in [3.63, 3.8) is 0 Å². The fourth-order valence-electron chi connectivity index (χ4n) is 1.09. The van der Waals surface area contributed by atoms with E-state index in [2.05, 4.69) is 4.74 Å². The number of carbonyl (C=O) groups excluding carboxylic acids is 3. The minimum absolute atomic E-state index is 0.0388. The van der Waals surface area contributed by atoms with Crippen molar-refractivity contribution in [2.75, 3.05) is 25.7 Å². The van der Waals surface area contributed by atoms with Gasteiger partial charge in [0.2, 0.25) is 0 Å². The van der Waals surface area contributed by atoms with Crippen molar-refractivity contribution >= 4 is 29.5 Å². The lowest BCUT2D eigenvalue weighted by Gasteiger charge is -2.15. The van der Waals surface area contributed by atoms with Gasteiger partial charge in [-0.15, -0.1) is 11.6 Å². The number of hydrogen-bond acceptors (Lipinski definition) is 7. The van der Waals surface area contributed by atoms with E-state index < -0.39 is 30.1 Å². The van der Waals surface area contributed by atoms with Crippen molar-refractivity contribution in [1.82, 2.24) is 0 Å². The Hall–Kier alpha value is -1.34. The van der Waals surface area contributed by atoms with Gasteiger partial charge in [-0.05, 0) is 13.8 Å². The van der Waals surface area contributed by atoms with Crippen LogP contribution in [-0.4, -0.2) is 55.8 Å². The van der Waals surface area contributed by atoms with Crippen LogP contribution < -0.4 is 0 Å². The molecule has 0 fully saturated rings. The van der Waals surface area contributed by atoms with Gasteiger partial charge in [-0.1, -0.05) is 0 Å². The zero-order chi connectivity index (χ0) is 15.5. The highest BCUT2D eigenvalue weighted by molar-refractivity contribution is 6.17. The molecule has 0 aliphatic rings. The number of rotatable bonds is 9. The molecule has 0 rings (SSSR count). The number of halogens is 1. The highest BCUT2D eigenvalue weighted by Crippen LogP contribution is 2.01. The molecular formula is C12H19ClO7. The van der Waals surface area contributed by atoms with E-state index in [0.717, 1.165) is 0 Å². The van der Waals surface area contributed by atoms with Crippen molar-refractivity contribution in [1.29, 1.82) is 0 Å². The molecule has 0 aromatic heterocycles. The standard InChI is InChI=1S/C12H19ClO7/c1-8(11(15)18-7-6-17-5-4-13)20-12(16)9(2)19-10(3)14/h8-9H,4-7H2,1-3H3. The molecule has 0 bridgehead atoms. The van der Waals surface area contributed by atoms with Crippen LogP contribution in [0, 0.1) is 0 Å². The van der Waals surface area contributed by atoms with Gasteiger partial charge < -0.3 is 18.9 Å². The molecule has 2 atom stereocenters. The van der Waals surface area contributed by atoms with Crippen LogP contribution in [0.15, 0.2) is 0 Å². The van der Waals surface area contributed by atoms with E-state index in [1.165, 1.54) is 20.8 Å². The predicted octanol–water partition coefficient (Wildman–Crippen LogP) is 0.668. The van der Waals surface area contributed by atoms with Crippen LogP contribution in [0.2, 0.25) is 0 Å². The van der Waals surface area contributed by atoms with Gasteiger partial charge in [0.15, 0.2) is 12.2 Å². The summed E-state index contributed by atoms with van der Waals surface area (Å²) in [4.78, 5) is 33.6. The summed E-state index contributed by atoms with van der Waals surface area (Å²) >= 11 is 5.39. The van der Waals surface area contributed by atoms with Gasteiger partial charge in [0.25, 0.3) is 0 Å². The van der Waals surface area contributed by atoms with Crippen LogP contribution >= 0.6 is 11.6 Å². The first kappa shape index (κ1) is 18.7. The maximum absolute atomic E-state index is 11.5. The lowest BCUT2D eigenvalue weighted by molar-refractivity contribution is -0.176. The Bertz CT molecular complexity index is 332. The molecule has 0 aliphatic carbocycles. The maximum Gasteiger partial charge on any atom is 0.347 e. The Labute approximate surface area is 122 Å². The zero-order valence-corrected chi connectivity index (χ0v) is 12.5. The van der Waals surface area contributed by atoms with Gasteiger partial charge >= 0.3 is 17.9 Å². The molecule has 0 aromatic carbocycles. The topological polar surface area (TPSA) is 88.1 Å². The third-order valence-corrected chi connectivity index (χ3v) is 2.15. The predicted molar refractivity (Wildman–Crippen MR) is 69.3 cm³/mol. The Balaban J connectivity index is 3.94. The first-order valence-corrected chi connectivity index (χ1v) is 6.60. The molecular weight excluding hydrogens is 292 g/mol. The molecule has 116 valence electrons. The third-order valence-electron chi connectivity index (χ3n) is 1.99. The van der Waals surface area contributed by atoms with E-state index in [-0.39, 0.29) is 13.2 Å². The van der Waals surface area contributed by atoms with Crippen molar-refractivity contribution in [3.05, 3.63) is 0 Å². The van der Waals surface area contributed by atoms with E-state index in [1.54, 1.807) is 0 Å². The Morgan fingerprint density at radius 1 is 0.950 bits per heavy atom. The van der Waals surface area contributed by atoms with Gasteiger partial charge in [-0.3, -0.25) is 4.79 Å². The van der Waals surface area contributed by atoms with Crippen LogP contribution in [0.25, 0.3) is 0 Å². The molecule has 0 saturated carbocycles. The van der Waals surface area contributed by atoms with Crippen LogP contribution in [0.1, 0.15) is 20.8 Å². The van der Waals surface area contributed by atoms with E-state index in [9.17, 15) is 14.4 Å². The fourth-order valence-corrected chi connectivity index (χ4v) is 1.20. The summed E-state index contributed by atoms with van der Waals surface area (Å²) in [6.07, 6.45) is -2.16. The zero-order valence-electron chi connectivity index (χ0n) is 11.7. The highest BCUT2D eigenvalue weighted by Gasteiger charge is 2.24. The number of esters is 3. The second kappa shape index (κ2) is 10.4. The van der Waals surface area contributed by atoms with Gasteiger partial charge in [0, 0.05) is 12.8 Å².